The van der Waals surface area contributed by atoms with Gasteiger partial charge in [-0.15, -0.1) is 0 Å². The van der Waals surface area contributed by atoms with Crippen LogP contribution in [0.3, 0.4) is 0 Å². The van der Waals surface area contributed by atoms with Gasteiger partial charge in [-0.05, 0) is 12.0 Å². The Morgan fingerprint density at radius 2 is 1.68 bits per heavy atom. The molecule has 0 aliphatic carbocycles. The molecule has 0 unspecified atom stereocenters. The van der Waals surface area contributed by atoms with Crippen molar-refractivity contribution in [2.45, 2.75) is 45.0 Å². The molecule has 0 aliphatic rings. The number of unbranched alkanes of at least 4 members (excludes halogenated alkanes) is 2. The summed E-state index contributed by atoms with van der Waals surface area (Å²) in [6.45, 7) is 2.17. The second-order valence-corrected chi connectivity index (χ2v) is 4.85. The lowest BCUT2D eigenvalue weighted by molar-refractivity contribution is -0.164. The molecular formula is C16H26O3. The average molecular weight is 266 g/mol. The minimum Gasteiger partial charge on any atom is -0.388 e. The molecular weight excluding hydrogens is 240 g/mol. The molecule has 1 rings (SSSR count). The van der Waals surface area contributed by atoms with Gasteiger partial charge in [0.1, 0.15) is 0 Å². The van der Waals surface area contributed by atoms with Crippen LogP contribution < -0.4 is 0 Å². The lowest BCUT2D eigenvalue weighted by atomic mass is 9.90. The van der Waals surface area contributed by atoms with Crippen LogP contribution in [0.4, 0.5) is 0 Å². The standard InChI is InChI=1S/C16H26O3/c1-4-5-7-12-14(16(18-2)19-3)15(17)13-10-8-6-9-11-13/h6,8-11,14-17H,4-5,7,12H2,1-3H3/t14-,15+/m1/s1. The van der Waals surface area contributed by atoms with E-state index >= 15 is 0 Å². The Morgan fingerprint density at radius 3 is 2.21 bits per heavy atom. The summed E-state index contributed by atoms with van der Waals surface area (Å²) in [5, 5.41) is 10.6. The maximum absolute atomic E-state index is 10.6. The third-order valence-corrected chi connectivity index (χ3v) is 3.50. The summed E-state index contributed by atoms with van der Waals surface area (Å²) >= 11 is 0. The molecule has 1 N–H and O–H groups in total. The minimum atomic E-state index is -0.553. The van der Waals surface area contributed by atoms with Gasteiger partial charge in [-0.25, -0.2) is 0 Å². The predicted octanol–water partition coefficient (Wildman–Crippen LogP) is 3.54. The van der Waals surface area contributed by atoms with Gasteiger partial charge in [0.05, 0.1) is 6.10 Å². The van der Waals surface area contributed by atoms with Gasteiger partial charge in [0.25, 0.3) is 0 Å². The van der Waals surface area contributed by atoms with Crippen LogP contribution in [0.1, 0.15) is 44.3 Å². The van der Waals surface area contributed by atoms with Gasteiger partial charge in [0.2, 0.25) is 0 Å². The topological polar surface area (TPSA) is 38.7 Å². The molecule has 0 saturated heterocycles. The molecule has 0 saturated carbocycles. The van der Waals surface area contributed by atoms with Crippen molar-refractivity contribution >= 4 is 0 Å². The maximum Gasteiger partial charge on any atom is 0.162 e. The third-order valence-electron chi connectivity index (χ3n) is 3.50. The SMILES string of the molecule is CCCCC[C@@H](C(OC)OC)[C@@H](O)c1ccccc1. The maximum atomic E-state index is 10.6. The lowest BCUT2D eigenvalue weighted by Crippen LogP contribution is -2.30. The summed E-state index contributed by atoms with van der Waals surface area (Å²) in [6, 6.07) is 9.72. The van der Waals surface area contributed by atoms with E-state index in [1.165, 1.54) is 6.42 Å². The van der Waals surface area contributed by atoms with Crippen LogP contribution in [0, 0.1) is 5.92 Å². The fraction of sp³-hybridized carbons (Fsp3) is 0.625. The van der Waals surface area contributed by atoms with E-state index in [1.807, 2.05) is 30.3 Å². The Bertz CT molecular complexity index is 322. The van der Waals surface area contributed by atoms with Crippen LogP contribution in [0.5, 0.6) is 0 Å². The molecule has 1 aromatic carbocycles. The fourth-order valence-electron chi connectivity index (χ4n) is 2.42. The van der Waals surface area contributed by atoms with Crippen molar-refractivity contribution in [3.63, 3.8) is 0 Å². The van der Waals surface area contributed by atoms with E-state index in [1.54, 1.807) is 14.2 Å². The number of hydrogen-bond acceptors (Lipinski definition) is 3. The van der Waals surface area contributed by atoms with Gasteiger partial charge in [-0.3, -0.25) is 0 Å². The Morgan fingerprint density at radius 1 is 1.05 bits per heavy atom. The van der Waals surface area contributed by atoms with Gasteiger partial charge in [0.15, 0.2) is 6.29 Å². The monoisotopic (exact) mass is 266 g/mol. The molecule has 19 heavy (non-hydrogen) atoms. The molecule has 0 heterocycles. The predicted molar refractivity (Wildman–Crippen MR) is 76.8 cm³/mol. The van der Waals surface area contributed by atoms with Crippen molar-refractivity contribution in [1.29, 1.82) is 0 Å². The van der Waals surface area contributed by atoms with E-state index in [4.69, 9.17) is 9.47 Å². The summed E-state index contributed by atoms with van der Waals surface area (Å²) in [6.07, 6.45) is 3.39. The summed E-state index contributed by atoms with van der Waals surface area (Å²) in [5.41, 5.74) is 0.920. The lowest BCUT2D eigenvalue weighted by Gasteiger charge is -2.29. The van der Waals surface area contributed by atoms with Gasteiger partial charge < -0.3 is 14.6 Å². The van der Waals surface area contributed by atoms with Gasteiger partial charge in [-0.2, -0.15) is 0 Å². The zero-order valence-electron chi connectivity index (χ0n) is 12.2. The van der Waals surface area contributed by atoms with E-state index in [0.717, 1.165) is 24.8 Å². The van der Waals surface area contributed by atoms with E-state index in [0.29, 0.717) is 0 Å². The van der Waals surface area contributed by atoms with Crippen molar-refractivity contribution < 1.29 is 14.6 Å². The second kappa shape index (κ2) is 9.08. The first-order valence-electron chi connectivity index (χ1n) is 7.03. The highest BCUT2D eigenvalue weighted by molar-refractivity contribution is 5.18. The number of methoxy groups -OCH3 is 2. The molecule has 2 atom stereocenters. The molecule has 0 aromatic heterocycles. The van der Waals surface area contributed by atoms with Crippen LogP contribution in [-0.4, -0.2) is 25.6 Å². The van der Waals surface area contributed by atoms with Gasteiger partial charge in [-0.1, -0.05) is 56.5 Å². The number of rotatable bonds is 9. The highest BCUT2D eigenvalue weighted by atomic mass is 16.7. The Labute approximate surface area is 116 Å². The minimum absolute atomic E-state index is 0.0380. The van der Waals surface area contributed by atoms with E-state index in [2.05, 4.69) is 6.92 Å². The molecule has 0 amide bonds. The fourth-order valence-corrected chi connectivity index (χ4v) is 2.42. The highest BCUT2D eigenvalue weighted by Gasteiger charge is 2.29. The van der Waals surface area contributed by atoms with Crippen LogP contribution in [-0.2, 0) is 9.47 Å². The zero-order chi connectivity index (χ0) is 14.1. The van der Waals surface area contributed by atoms with Crippen molar-refractivity contribution in [2.75, 3.05) is 14.2 Å². The van der Waals surface area contributed by atoms with Crippen LogP contribution in [0.15, 0.2) is 30.3 Å². The average Bonchev–Trinajstić information content (AvgIpc) is 2.47. The summed E-state index contributed by atoms with van der Waals surface area (Å²) in [4.78, 5) is 0. The van der Waals surface area contributed by atoms with E-state index in [9.17, 15) is 5.11 Å². The quantitative estimate of drug-likeness (QED) is 0.549. The third kappa shape index (κ3) is 4.94. The number of benzene rings is 1. The Hall–Kier alpha value is -0.900. The van der Waals surface area contributed by atoms with Crippen LogP contribution >= 0.6 is 0 Å². The summed E-state index contributed by atoms with van der Waals surface area (Å²) in [7, 11) is 3.25. The smallest absolute Gasteiger partial charge is 0.162 e. The zero-order valence-corrected chi connectivity index (χ0v) is 12.2. The molecule has 0 bridgehead atoms. The van der Waals surface area contributed by atoms with Gasteiger partial charge >= 0.3 is 0 Å². The summed E-state index contributed by atoms with van der Waals surface area (Å²) in [5.74, 6) is -0.0380. The van der Waals surface area contributed by atoms with E-state index in [-0.39, 0.29) is 12.2 Å². The molecule has 108 valence electrons. The number of aliphatic hydroxyl groups is 1. The number of hydrogen-bond donors (Lipinski definition) is 1. The molecule has 0 spiro atoms. The largest absolute Gasteiger partial charge is 0.388 e. The first kappa shape index (κ1) is 16.2. The second-order valence-electron chi connectivity index (χ2n) is 4.85. The summed E-state index contributed by atoms with van der Waals surface area (Å²) < 4.78 is 10.7. The first-order valence-corrected chi connectivity index (χ1v) is 7.03. The normalized spacial score (nSPS) is 14.6. The Kier molecular flexibility index (Phi) is 7.72. The van der Waals surface area contributed by atoms with Crippen molar-refractivity contribution in [3.8, 4) is 0 Å². The Balaban J connectivity index is 2.76. The molecule has 0 aliphatic heterocycles. The van der Waals surface area contributed by atoms with Crippen LogP contribution in [0.2, 0.25) is 0 Å². The molecule has 0 fully saturated rings. The number of ether oxygens (including phenoxy) is 2. The van der Waals surface area contributed by atoms with Crippen LogP contribution in [0.25, 0.3) is 0 Å². The molecule has 1 aromatic rings. The number of aliphatic hydroxyl groups excluding tert-OH is 1. The first-order chi connectivity index (χ1) is 9.24. The molecule has 3 nitrogen and oxygen atoms in total. The van der Waals surface area contributed by atoms with Crippen molar-refractivity contribution in [3.05, 3.63) is 35.9 Å². The molecule has 0 radical (unpaired) electrons. The van der Waals surface area contributed by atoms with Crippen molar-refractivity contribution in [2.24, 2.45) is 5.92 Å². The molecule has 3 heteroatoms. The van der Waals surface area contributed by atoms with Gasteiger partial charge in [0, 0.05) is 20.1 Å². The highest BCUT2D eigenvalue weighted by Crippen LogP contribution is 2.30. The van der Waals surface area contributed by atoms with Crippen molar-refractivity contribution in [1.82, 2.24) is 0 Å². The van der Waals surface area contributed by atoms with E-state index < -0.39 is 6.10 Å².